The molecule has 0 aliphatic rings. The number of nitro groups is 1. The molecule has 0 radical (unpaired) electrons. The summed E-state index contributed by atoms with van der Waals surface area (Å²) in [6.07, 6.45) is 0. The van der Waals surface area contributed by atoms with Crippen LogP contribution < -0.4 is 15.4 Å². The topological polar surface area (TPSA) is 131 Å². The van der Waals surface area contributed by atoms with Crippen LogP contribution in [0.5, 0.6) is 5.75 Å². The Hall–Kier alpha value is -2.84. The van der Waals surface area contributed by atoms with Gasteiger partial charge in [0.25, 0.3) is 5.69 Å². The van der Waals surface area contributed by atoms with E-state index in [-0.39, 0.29) is 17.1 Å². The molecular formula is C11H13N3O6. The van der Waals surface area contributed by atoms with Gasteiger partial charge in [0.2, 0.25) is 0 Å². The van der Waals surface area contributed by atoms with E-state index in [0.717, 1.165) is 6.07 Å². The van der Waals surface area contributed by atoms with Crippen molar-refractivity contribution < 1.29 is 24.4 Å². The van der Waals surface area contributed by atoms with Gasteiger partial charge in [-0.2, -0.15) is 0 Å². The molecule has 3 N–H and O–H groups in total. The molecule has 0 unspecified atom stereocenters. The van der Waals surface area contributed by atoms with Crippen LogP contribution in [0.2, 0.25) is 0 Å². The maximum atomic E-state index is 11.5. The lowest BCUT2D eigenvalue weighted by atomic mass is 10.2. The van der Waals surface area contributed by atoms with E-state index >= 15 is 0 Å². The molecule has 0 saturated carbocycles. The fourth-order valence-corrected chi connectivity index (χ4v) is 1.31. The lowest BCUT2D eigenvalue weighted by molar-refractivity contribution is -0.384. The van der Waals surface area contributed by atoms with Gasteiger partial charge in [0.05, 0.1) is 23.8 Å². The van der Waals surface area contributed by atoms with Gasteiger partial charge in [0.1, 0.15) is 11.8 Å². The Labute approximate surface area is 113 Å². The third kappa shape index (κ3) is 3.83. The summed E-state index contributed by atoms with van der Waals surface area (Å²) >= 11 is 0. The molecule has 2 amide bonds. The predicted octanol–water partition coefficient (Wildman–Crippen LogP) is 1.20. The first-order valence-corrected chi connectivity index (χ1v) is 5.48. The zero-order chi connectivity index (χ0) is 15.3. The quantitative estimate of drug-likeness (QED) is 0.549. The lowest BCUT2D eigenvalue weighted by Crippen LogP contribution is -2.40. The SMILES string of the molecule is COc1cc([N+](=O)[O-])ccc1NC(=O)N[C@H](C)C(=O)O. The van der Waals surface area contributed by atoms with Crippen molar-refractivity contribution >= 4 is 23.4 Å². The van der Waals surface area contributed by atoms with E-state index in [0.29, 0.717) is 0 Å². The number of nitrogens with one attached hydrogen (secondary N) is 2. The second-order valence-corrected chi connectivity index (χ2v) is 3.80. The van der Waals surface area contributed by atoms with Crippen molar-refractivity contribution in [1.29, 1.82) is 0 Å². The summed E-state index contributed by atoms with van der Waals surface area (Å²) in [6.45, 7) is 1.30. The Morgan fingerprint density at radius 1 is 1.45 bits per heavy atom. The van der Waals surface area contributed by atoms with Gasteiger partial charge >= 0.3 is 12.0 Å². The van der Waals surface area contributed by atoms with Crippen LogP contribution in [0.4, 0.5) is 16.2 Å². The summed E-state index contributed by atoms with van der Waals surface area (Å²) in [4.78, 5) is 32.1. The minimum absolute atomic E-state index is 0.0947. The van der Waals surface area contributed by atoms with Crippen molar-refractivity contribution in [2.75, 3.05) is 12.4 Å². The van der Waals surface area contributed by atoms with Gasteiger partial charge in [0, 0.05) is 6.07 Å². The third-order valence-corrected chi connectivity index (χ3v) is 2.36. The van der Waals surface area contributed by atoms with Gasteiger partial charge in [-0.15, -0.1) is 0 Å². The summed E-state index contributed by atoms with van der Waals surface area (Å²) in [5.74, 6) is -1.09. The third-order valence-electron chi connectivity index (χ3n) is 2.36. The molecule has 1 aromatic carbocycles. The van der Waals surface area contributed by atoms with Crippen molar-refractivity contribution in [3.8, 4) is 5.75 Å². The molecular weight excluding hydrogens is 270 g/mol. The van der Waals surface area contributed by atoms with Gasteiger partial charge in [-0.3, -0.25) is 14.9 Å². The largest absolute Gasteiger partial charge is 0.494 e. The number of carbonyl (C=O) groups is 2. The first-order valence-electron chi connectivity index (χ1n) is 5.48. The van der Waals surface area contributed by atoms with Crippen molar-refractivity contribution in [2.45, 2.75) is 13.0 Å². The maximum absolute atomic E-state index is 11.5. The summed E-state index contributed by atoms with van der Waals surface area (Å²) in [6, 6.07) is 1.81. The number of methoxy groups -OCH3 is 1. The molecule has 108 valence electrons. The summed E-state index contributed by atoms with van der Waals surface area (Å²) in [5, 5.41) is 23.8. The highest BCUT2D eigenvalue weighted by Crippen LogP contribution is 2.28. The van der Waals surface area contributed by atoms with Crippen LogP contribution in [-0.4, -0.2) is 35.2 Å². The molecule has 0 heterocycles. The molecule has 1 rings (SSSR count). The molecule has 0 aliphatic carbocycles. The molecule has 0 bridgehead atoms. The Kier molecular flexibility index (Phi) is 4.84. The number of nitrogens with zero attached hydrogens (tertiary/aromatic N) is 1. The van der Waals surface area contributed by atoms with Crippen LogP contribution >= 0.6 is 0 Å². The molecule has 1 aromatic rings. The fourth-order valence-electron chi connectivity index (χ4n) is 1.31. The molecule has 0 spiro atoms. The smallest absolute Gasteiger partial charge is 0.325 e. The Bertz CT molecular complexity index is 545. The predicted molar refractivity (Wildman–Crippen MR) is 68.9 cm³/mol. The minimum atomic E-state index is -1.18. The number of urea groups is 1. The average molecular weight is 283 g/mol. The first-order chi connectivity index (χ1) is 9.35. The van der Waals surface area contributed by atoms with E-state index in [1.807, 2.05) is 0 Å². The number of anilines is 1. The van der Waals surface area contributed by atoms with Crippen LogP contribution in [0.15, 0.2) is 18.2 Å². The first kappa shape index (κ1) is 15.2. The molecule has 0 saturated heterocycles. The van der Waals surface area contributed by atoms with Gasteiger partial charge < -0.3 is 20.5 Å². The lowest BCUT2D eigenvalue weighted by Gasteiger charge is -2.12. The van der Waals surface area contributed by atoms with Crippen LogP contribution in [0.3, 0.4) is 0 Å². The van der Waals surface area contributed by atoms with E-state index in [4.69, 9.17) is 9.84 Å². The van der Waals surface area contributed by atoms with E-state index in [1.54, 1.807) is 0 Å². The van der Waals surface area contributed by atoms with Crippen molar-refractivity contribution in [1.82, 2.24) is 5.32 Å². The summed E-state index contributed by atoms with van der Waals surface area (Å²) in [7, 11) is 1.29. The van der Waals surface area contributed by atoms with Crippen LogP contribution in [0.25, 0.3) is 0 Å². The molecule has 0 aromatic heterocycles. The van der Waals surface area contributed by atoms with Gasteiger partial charge in [-0.25, -0.2) is 4.79 Å². The van der Waals surface area contributed by atoms with E-state index < -0.39 is 23.0 Å². The maximum Gasteiger partial charge on any atom is 0.325 e. The Morgan fingerprint density at radius 2 is 2.10 bits per heavy atom. The number of ether oxygens (including phenoxy) is 1. The van der Waals surface area contributed by atoms with E-state index in [9.17, 15) is 19.7 Å². The zero-order valence-corrected chi connectivity index (χ0v) is 10.7. The van der Waals surface area contributed by atoms with Crippen LogP contribution in [-0.2, 0) is 4.79 Å². The normalized spacial score (nSPS) is 11.3. The fraction of sp³-hybridized carbons (Fsp3) is 0.273. The van der Waals surface area contributed by atoms with E-state index in [2.05, 4.69) is 10.6 Å². The second-order valence-electron chi connectivity index (χ2n) is 3.80. The van der Waals surface area contributed by atoms with Gasteiger partial charge in [-0.05, 0) is 13.0 Å². The summed E-state index contributed by atoms with van der Waals surface area (Å²) in [5.41, 5.74) is -0.0000917. The second kappa shape index (κ2) is 6.36. The highest BCUT2D eigenvalue weighted by Gasteiger charge is 2.16. The van der Waals surface area contributed by atoms with Crippen molar-refractivity contribution in [3.63, 3.8) is 0 Å². The van der Waals surface area contributed by atoms with E-state index in [1.165, 1.54) is 26.2 Å². The average Bonchev–Trinajstić information content (AvgIpc) is 2.38. The number of amides is 2. The monoisotopic (exact) mass is 283 g/mol. The molecule has 9 heteroatoms. The highest BCUT2D eigenvalue weighted by atomic mass is 16.6. The number of nitro benzene ring substituents is 1. The van der Waals surface area contributed by atoms with Crippen LogP contribution in [0, 0.1) is 10.1 Å². The number of carboxylic acid groups (broad SMARTS) is 1. The number of aliphatic carboxylic acids is 1. The number of hydrogen-bond donors (Lipinski definition) is 3. The van der Waals surface area contributed by atoms with Crippen LogP contribution in [0.1, 0.15) is 6.92 Å². The number of carboxylic acids is 1. The van der Waals surface area contributed by atoms with Crippen molar-refractivity contribution in [3.05, 3.63) is 28.3 Å². The van der Waals surface area contributed by atoms with Gasteiger partial charge in [-0.1, -0.05) is 0 Å². The standard InChI is InChI=1S/C11H13N3O6/c1-6(10(15)16)12-11(17)13-8-4-3-7(14(18)19)5-9(8)20-2/h3-6H,1-2H3,(H,15,16)(H2,12,13,17)/t6-/m1/s1. The number of benzene rings is 1. The molecule has 1 atom stereocenters. The highest BCUT2D eigenvalue weighted by molar-refractivity contribution is 5.93. The minimum Gasteiger partial charge on any atom is -0.494 e. The Balaban J connectivity index is 2.84. The van der Waals surface area contributed by atoms with Gasteiger partial charge in [0.15, 0.2) is 0 Å². The number of rotatable bonds is 5. The zero-order valence-electron chi connectivity index (χ0n) is 10.7. The molecule has 0 aliphatic heterocycles. The molecule has 0 fully saturated rings. The molecule has 9 nitrogen and oxygen atoms in total. The number of non-ortho nitro benzene ring substituents is 1. The summed E-state index contributed by atoms with van der Waals surface area (Å²) < 4.78 is 4.93. The van der Waals surface area contributed by atoms with Crippen molar-refractivity contribution in [2.24, 2.45) is 0 Å². The number of carbonyl (C=O) groups excluding carboxylic acids is 1. The Morgan fingerprint density at radius 3 is 2.60 bits per heavy atom. The molecule has 20 heavy (non-hydrogen) atoms. The number of hydrogen-bond acceptors (Lipinski definition) is 5.